The fourth-order valence-corrected chi connectivity index (χ4v) is 1.40. The van der Waals surface area contributed by atoms with Crippen LogP contribution in [0.5, 0.6) is 0 Å². The second kappa shape index (κ2) is 3.79. The van der Waals surface area contributed by atoms with Gasteiger partial charge in [0.05, 0.1) is 6.61 Å². The molecular formula is C11H17NO. The quantitative estimate of drug-likeness (QED) is 0.749. The lowest BCUT2D eigenvalue weighted by Gasteiger charge is -2.18. The van der Waals surface area contributed by atoms with Crippen molar-refractivity contribution < 1.29 is 5.11 Å². The number of nitrogens with zero attached hydrogens (tertiary/aromatic N) is 1. The van der Waals surface area contributed by atoms with Gasteiger partial charge in [-0.25, -0.2) is 0 Å². The number of rotatable bonds is 2. The van der Waals surface area contributed by atoms with E-state index >= 15 is 0 Å². The lowest BCUT2D eigenvalue weighted by atomic mass is 10.0. The van der Waals surface area contributed by atoms with Crippen molar-refractivity contribution in [2.24, 2.45) is 0 Å². The van der Waals surface area contributed by atoms with E-state index in [9.17, 15) is 0 Å². The highest BCUT2D eigenvalue weighted by Gasteiger charge is 2.05. The van der Waals surface area contributed by atoms with E-state index in [0.717, 1.165) is 11.3 Å². The summed E-state index contributed by atoms with van der Waals surface area (Å²) in [5, 5.41) is 9.16. The Morgan fingerprint density at radius 3 is 2.15 bits per heavy atom. The highest BCUT2D eigenvalue weighted by Crippen LogP contribution is 2.22. The molecule has 72 valence electrons. The summed E-state index contributed by atoms with van der Waals surface area (Å²) < 4.78 is 0. The van der Waals surface area contributed by atoms with Gasteiger partial charge in [-0.05, 0) is 31.0 Å². The fraction of sp³-hybridized carbons (Fsp3) is 0.455. The molecule has 0 bridgehead atoms. The van der Waals surface area contributed by atoms with Crippen LogP contribution in [0, 0.1) is 13.8 Å². The Labute approximate surface area is 79.8 Å². The van der Waals surface area contributed by atoms with E-state index in [4.69, 9.17) is 5.11 Å². The van der Waals surface area contributed by atoms with Crippen LogP contribution in [-0.2, 0) is 6.61 Å². The molecule has 0 aliphatic heterocycles. The van der Waals surface area contributed by atoms with Crippen molar-refractivity contribution in [1.82, 2.24) is 0 Å². The first-order valence-electron chi connectivity index (χ1n) is 4.44. The van der Waals surface area contributed by atoms with Crippen LogP contribution in [0.25, 0.3) is 0 Å². The average Bonchev–Trinajstić information content (AvgIpc) is 2.08. The van der Waals surface area contributed by atoms with Crippen molar-refractivity contribution >= 4 is 5.69 Å². The second-order valence-corrected chi connectivity index (χ2v) is 3.62. The van der Waals surface area contributed by atoms with Crippen molar-refractivity contribution in [3.05, 3.63) is 28.8 Å². The molecule has 0 radical (unpaired) electrons. The minimum absolute atomic E-state index is 0.106. The molecule has 1 rings (SSSR count). The Kier molecular flexibility index (Phi) is 2.94. The third-order valence-electron chi connectivity index (χ3n) is 2.35. The smallest absolute Gasteiger partial charge is 0.0702 e. The Hall–Kier alpha value is -1.02. The highest BCUT2D eigenvalue weighted by atomic mass is 16.3. The van der Waals surface area contributed by atoms with Gasteiger partial charge < -0.3 is 10.0 Å². The van der Waals surface area contributed by atoms with Crippen molar-refractivity contribution in [1.29, 1.82) is 0 Å². The predicted octanol–water partition coefficient (Wildman–Crippen LogP) is 1.86. The lowest BCUT2D eigenvalue weighted by molar-refractivity contribution is 0.282. The largest absolute Gasteiger partial charge is 0.392 e. The van der Waals surface area contributed by atoms with Crippen molar-refractivity contribution in [2.75, 3.05) is 19.0 Å². The van der Waals surface area contributed by atoms with Gasteiger partial charge in [0.1, 0.15) is 0 Å². The molecule has 0 unspecified atom stereocenters. The minimum Gasteiger partial charge on any atom is -0.392 e. The summed E-state index contributed by atoms with van der Waals surface area (Å²) in [5.41, 5.74) is 4.59. The molecule has 0 spiro atoms. The molecule has 0 fully saturated rings. The molecular weight excluding hydrogens is 162 g/mol. The number of aliphatic hydroxyl groups excluding tert-OH is 1. The van der Waals surface area contributed by atoms with Crippen LogP contribution in [-0.4, -0.2) is 19.2 Å². The van der Waals surface area contributed by atoms with Gasteiger partial charge in [0.15, 0.2) is 0 Å². The van der Waals surface area contributed by atoms with Gasteiger partial charge >= 0.3 is 0 Å². The molecule has 1 aromatic rings. The molecule has 0 aliphatic carbocycles. The summed E-state index contributed by atoms with van der Waals surface area (Å²) in [6.07, 6.45) is 0. The molecule has 2 heteroatoms. The van der Waals surface area contributed by atoms with Crippen molar-refractivity contribution in [3.8, 4) is 0 Å². The van der Waals surface area contributed by atoms with Crippen LogP contribution in [0.4, 0.5) is 5.69 Å². The Morgan fingerprint density at radius 1 is 1.15 bits per heavy atom. The summed E-state index contributed by atoms with van der Waals surface area (Å²) in [6.45, 7) is 4.26. The van der Waals surface area contributed by atoms with Crippen LogP contribution >= 0.6 is 0 Å². The summed E-state index contributed by atoms with van der Waals surface area (Å²) in [5.74, 6) is 0. The second-order valence-electron chi connectivity index (χ2n) is 3.62. The topological polar surface area (TPSA) is 23.5 Å². The van der Waals surface area contributed by atoms with Gasteiger partial charge in [0, 0.05) is 25.3 Å². The monoisotopic (exact) mass is 179 g/mol. The maximum Gasteiger partial charge on any atom is 0.0702 e. The highest BCUT2D eigenvalue weighted by molar-refractivity contribution is 5.56. The van der Waals surface area contributed by atoms with E-state index < -0.39 is 0 Å². The summed E-state index contributed by atoms with van der Waals surface area (Å²) in [4.78, 5) is 2.03. The molecule has 0 amide bonds. The lowest BCUT2D eigenvalue weighted by Crippen LogP contribution is -2.12. The molecule has 1 aromatic carbocycles. The van der Waals surface area contributed by atoms with E-state index in [-0.39, 0.29) is 6.61 Å². The first-order chi connectivity index (χ1) is 6.06. The van der Waals surface area contributed by atoms with Crippen LogP contribution in [0.1, 0.15) is 16.7 Å². The minimum atomic E-state index is 0.106. The third kappa shape index (κ3) is 2.01. The summed E-state index contributed by atoms with van der Waals surface area (Å²) >= 11 is 0. The maximum atomic E-state index is 9.16. The SMILES string of the molecule is Cc1cc(CO)c(N(C)C)cc1C. The van der Waals surface area contributed by atoms with E-state index in [1.807, 2.05) is 25.1 Å². The number of hydrogen-bond donors (Lipinski definition) is 1. The number of benzene rings is 1. The molecule has 0 saturated heterocycles. The number of hydrogen-bond acceptors (Lipinski definition) is 2. The molecule has 0 saturated carbocycles. The van der Waals surface area contributed by atoms with Crippen LogP contribution in [0.15, 0.2) is 12.1 Å². The van der Waals surface area contributed by atoms with Gasteiger partial charge in [-0.1, -0.05) is 6.07 Å². The number of anilines is 1. The van der Waals surface area contributed by atoms with Gasteiger partial charge in [-0.2, -0.15) is 0 Å². The standard InChI is InChI=1S/C11H17NO/c1-8-5-10(7-13)11(12(3)4)6-9(8)2/h5-6,13H,7H2,1-4H3. The van der Waals surface area contributed by atoms with Gasteiger partial charge in [-0.15, -0.1) is 0 Å². The summed E-state index contributed by atoms with van der Waals surface area (Å²) in [6, 6.07) is 4.16. The average molecular weight is 179 g/mol. The molecule has 0 aliphatic rings. The number of aliphatic hydroxyl groups is 1. The first kappa shape index (κ1) is 10.1. The van der Waals surface area contributed by atoms with Crippen molar-refractivity contribution in [2.45, 2.75) is 20.5 Å². The fourth-order valence-electron chi connectivity index (χ4n) is 1.40. The number of aryl methyl sites for hydroxylation is 2. The van der Waals surface area contributed by atoms with Crippen molar-refractivity contribution in [3.63, 3.8) is 0 Å². The normalized spacial score (nSPS) is 10.2. The van der Waals surface area contributed by atoms with E-state index in [0.29, 0.717) is 0 Å². The molecule has 0 atom stereocenters. The molecule has 1 N–H and O–H groups in total. The molecule has 13 heavy (non-hydrogen) atoms. The van der Waals surface area contributed by atoms with Gasteiger partial charge in [-0.3, -0.25) is 0 Å². The molecule has 0 heterocycles. The Balaban J connectivity index is 3.25. The van der Waals surface area contributed by atoms with Crippen LogP contribution < -0.4 is 4.90 Å². The zero-order chi connectivity index (χ0) is 10.0. The zero-order valence-electron chi connectivity index (χ0n) is 8.76. The van der Waals surface area contributed by atoms with E-state index in [1.165, 1.54) is 11.1 Å². The summed E-state index contributed by atoms with van der Waals surface area (Å²) in [7, 11) is 3.98. The molecule has 0 aromatic heterocycles. The maximum absolute atomic E-state index is 9.16. The first-order valence-corrected chi connectivity index (χ1v) is 4.44. The van der Waals surface area contributed by atoms with Gasteiger partial charge in [0.2, 0.25) is 0 Å². The Bertz CT molecular complexity index is 305. The van der Waals surface area contributed by atoms with Crippen LogP contribution in [0.2, 0.25) is 0 Å². The van der Waals surface area contributed by atoms with E-state index in [1.54, 1.807) is 0 Å². The third-order valence-corrected chi connectivity index (χ3v) is 2.35. The zero-order valence-corrected chi connectivity index (χ0v) is 8.76. The molecule has 2 nitrogen and oxygen atoms in total. The van der Waals surface area contributed by atoms with E-state index in [2.05, 4.69) is 19.9 Å². The van der Waals surface area contributed by atoms with Crippen LogP contribution in [0.3, 0.4) is 0 Å². The Morgan fingerprint density at radius 2 is 1.69 bits per heavy atom. The van der Waals surface area contributed by atoms with Gasteiger partial charge in [0.25, 0.3) is 0 Å². The predicted molar refractivity (Wildman–Crippen MR) is 56.2 cm³/mol.